The third kappa shape index (κ3) is 5.74. The quantitative estimate of drug-likeness (QED) is 0.532. The van der Waals surface area contributed by atoms with Gasteiger partial charge in [-0.25, -0.2) is 14.2 Å². The lowest BCUT2D eigenvalue weighted by atomic mass is 10.2. The van der Waals surface area contributed by atoms with E-state index in [1.807, 2.05) is 30.3 Å². The number of rotatable bonds is 8. The van der Waals surface area contributed by atoms with E-state index in [-0.39, 0.29) is 50.3 Å². The Kier molecular flexibility index (Phi) is 7.70. The molecule has 0 aliphatic carbocycles. The van der Waals surface area contributed by atoms with E-state index >= 15 is 4.39 Å². The summed E-state index contributed by atoms with van der Waals surface area (Å²) in [4.78, 5) is 44.3. The molecule has 2 aromatic rings. The van der Waals surface area contributed by atoms with Gasteiger partial charge in [0.2, 0.25) is 11.8 Å². The number of anilines is 2. The van der Waals surface area contributed by atoms with Crippen LogP contribution in [0.4, 0.5) is 20.6 Å². The topological polar surface area (TPSA) is 112 Å². The molecule has 2 heterocycles. The van der Waals surface area contributed by atoms with Crippen molar-refractivity contribution in [1.82, 2.24) is 10.4 Å². The number of amides is 3. The molecule has 36 heavy (non-hydrogen) atoms. The molecule has 2 aliphatic heterocycles. The van der Waals surface area contributed by atoms with Crippen LogP contribution in [0.2, 0.25) is 0 Å². The van der Waals surface area contributed by atoms with Crippen LogP contribution in [0.25, 0.3) is 0 Å². The smallest absolute Gasteiger partial charge is 0.414 e. The first kappa shape index (κ1) is 25.4. The van der Waals surface area contributed by atoms with Crippen LogP contribution in [-0.4, -0.2) is 72.5 Å². The lowest BCUT2D eigenvalue weighted by Gasteiger charge is -2.28. The molecule has 192 valence electrons. The second-order valence-electron chi connectivity index (χ2n) is 8.83. The van der Waals surface area contributed by atoms with Gasteiger partial charge in [-0.1, -0.05) is 30.3 Å². The van der Waals surface area contributed by atoms with E-state index < -0.39 is 30.2 Å². The minimum absolute atomic E-state index is 0.101. The largest absolute Gasteiger partial charge is 0.442 e. The Hall–Kier alpha value is -3.70. The molecule has 2 aliphatic rings. The summed E-state index contributed by atoms with van der Waals surface area (Å²) in [6.45, 7) is 3.48. The van der Waals surface area contributed by atoms with Crippen molar-refractivity contribution in [2.24, 2.45) is 0 Å². The number of benzene rings is 2. The van der Waals surface area contributed by atoms with E-state index in [1.54, 1.807) is 11.0 Å². The molecule has 2 saturated heterocycles. The van der Waals surface area contributed by atoms with Gasteiger partial charge in [0.05, 0.1) is 30.6 Å². The zero-order chi connectivity index (χ0) is 25.8. The summed E-state index contributed by atoms with van der Waals surface area (Å²) in [6.07, 6.45) is -2.11. The van der Waals surface area contributed by atoms with Gasteiger partial charge in [-0.15, -0.1) is 0 Å². The van der Waals surface area contributed by atoms with E-state index in [2.05, 4.69) is 5.32 Å². The van der Waals surface area contributed by atoms with Crippen molar-refractivity contribution in [1.29, 1.82) is 0 Å². The molecule has 3 amide bonds. The van der Waals surface area contributed by atoms with E-state index in [9.17, 15) is 19.5 Å². The maximum atomic E-state index is 15.1. The molecule has 2 fully saturated rings. The zero-order valence-electron chi connectivity index (χ0n) is 20.1. The van der Waals surface area contributed by atoms with Crippen molar-refractivity contribution >= 4 is 29.3 Å². The molecular formula is C25H29FN4O6. The van der Waals surface area contributed by atoms with Crippen molar-refractivity contribution < 1.29 is 33.5 Å². The number of ether oxygens (including phenoxy) is 1. The van der Waals surface area contributed by atoms with E-state index in [1.165, 1.54) is 30.9 Å². The highest BCUT2D eigenvalue weighted by Crippen LogP contribution is 2.31. The third-order valence-corrected chi connectivity index (χ3v) is 6.12. The van der Waals surface area contributed by atoms with Crippen LogP contribution in [0, 0.1) is 5.82 Å². The Balaban J connectivity index is 1.42. The molecule has 0 unspecified atom stereocenters. The van der Waals surface area contributed by atoms with Crippen molar-refractivity contribution in [2.45, 2.75) is 38.7 Å². The van der Waals surface area contributed by atoms with Crippen molar-refractivity contribution in [3.63, 3.8) is 0 Å². The lowest BCUT2D eigenvalue weighted by molar-refractivity contribution is -0.209. The van der Waals surface area contributed by atoms with Crippen LogP contribution >= 0.6 is 0 Å². The third-order valence-electron chi connectivity index (χ3n) is 6.12. The molecule has 10 nitrogen and oxygen atoms in total. The summed E-state index contributed by atoms with van der Waals surface area (Å²) < 4.78 is 20.4. The Bertz CT molecular complexity index is 1120. The number of hydrogen-bond acceptors (Lipinski definition) is 7. The average molecular weight is 501 g/mol. The molecule has 0 spiro atoms. The van der Waals surface area contributed by atoms with Gasteiger partial charge < -0.3 is 20.1 Å². The second-order valence-corrected chi connectivity index (χ2v) is 8.83. The maximum absolute atomic E-state index is 15.1. The first-order chi connectivity index (χ1) is 17.2. The number of cyclic esters (lactones) is 1. The number of nitrogens with zero attached hydrogens (tertiary/aromatic N) is 3. The SMILES string of the molecule is CC(=O)NC[C@H]1CN(c2ccc(N3C[C@H](O)[C@@H](N(OCc4ccccc4)C(C)=O)C3)c(F)c2)C(=O)O1. The van der Waals surface area contributed by atoms with Gasteiger partial charge >= 0.3 is 6.09 Å². The van der Waals surface area contributed by atoms with Crippen LogP contribution < -0.4 is 15.1 Å². The van der Waals surface area contributed by atoms with Crippen LogP contribution in [0.5, 0.6) is 0 Å². The molecule has 0 radical (unpaired) electrons. The van der Waals surface area contributed by atoms with Gasteiger partial charge in [-0.3, -0.25) is 19.3 Å². The summed E-state index contributed by atoms with van der Waals surface area (Å²) >= 11 is 0. The fraction of sp³-hybridized carbons (Fsp3) is 0.400. The minimum Gasteiger partial charge on any atom is -0.442 e. The second kappa shape index (κ2) is 10.9. The predicted octanol–water partition coefficient (Wildman–Crippen LogP) is 1.82. The van der Waals surface area contributed by atoms with Crippen LogP contribution in [0.3, 0.4) is 0 Å². The molecule has 0 bridgehead atoms. The van der Waals surface area contributed by atoms with E-state index in [0.717, 1.165) is 10.6 Å². The van der Waals surface area contributed by atoms with Gasteiger partial charge in [-0.2, -0.15) is 0 Å². The summed E-state index contributed by atoms with van der Waals surface area (Å²) in [6, 6.07) is 13.0. The highest BCUT2D eigenvalue weighted by Gasteiger charge is 2.39. The number of nitrogens with one attached hydrogen (secondary N) is 1. The number of β-amino-alcohol motifs (C(OH)–C–C–N with tert-alkyl or cyclic N) is 1. The first-order valence-corrected chi connectivity index (χ1v) is 11.6. The Morgan fingerprint density at radius 3 is 2.58 bits per heavy atom. The monoisotopic (exact) mass is 500 g/mol. The summed E-state index contributed by atoms with van der Waals surface area (Å²) in [7, 11) is 0. The fourth-order valence-electron chi connectivity index (χ4n) is 4.35. The molecule has 4 rings (SSSR count). The zero-order valence-corrected chi connectivity index (χ0v) is 20.1. The number of carbonyl (C=O) groups is 3. The number of aliphatic hydroxyl groups is 1. The Labute approximate surface area is 208 Å². The first-order valence-electron chi connectivity index (χ1n) is 11.6. The summed E-state index contributed by atoms with van der Waals surface area (Å²) in [5, 5.41) is 14.4. The van der Waals surface area contributed by atoms with Crippen molar-refractivity contribution in [2.75, 3.05) is 36.0 Å². The Morgan fingerprint density at radius 1 is 1.17 bits per heavy atom. The van der Waals surface area contributed by atoms with Gasteiger partial charge in [-0.05, 0) is 23.8 Å². The molecule has 2 N–H and O–H groups in total. The highest BCUT2D eigenvalue weighted by molar-refractivity contribution is 5.90. The molecular weight excluding hydrogens is 471 g/mol. The maximum Gasteiger partial charge on any atom is 0.414 e. The van der Waals surface area contributed by atoms with Crippen LogP contribution in [0.1, 0.15) is 19.4 Å². The lowest BCUT2D eigenvalue weighted by Crippen LogP contribution is -2.45. The van der Waals surface area contributed by atoms with Crippen molar-refractivity contribution in [3.8, 4) is 0 Å². The number of carbonyl (C=O) groups excluding carboxylic acids is 3. The summed E-state index contributed by atoms with van der Waals surface area (Å²) in [5.41, 5.74) is 1.42. The van der Waals surface area contributed by atoms with Gasteiger partial charge in [0.25, 0.3) is 0 Å². The number of hydroxylamine groups is 2. The molecule has 2 aromatic carbocycles. The molecule has 3 atom stereocenters. The average Bonchev–Trinajstić information content (AvgIpc) is 3.40. The summed E-state index contributed by atoms with van der Waals surface area (Å²) in [5.74, 6) is -1.19. The van der Waals surface area contributed by atoms with Gasteiger partial charge in [0.15, 0.2) is 0 Å². The molecule has 0 saturated carbocycles. The number of halogens is 1. The molecule has 0 aromatic heterocycles. The van der Waals surface area contributed by atoms with Gasteiger partial charge in [0, 0.05) is 26.9 Å². The number of hydrogen-bond donors (Lipinski definition) is 2. The van der Waals surface area contributed by atoms with Crippen LogP contribution in [-0.2, 0) is 25.8 Å². The van der Waals surface area contributed by atoms with Crippen molar-refractivity contribution in [3.05, 3.63) is 59.9 Å². The van der Waals surface area contributed by atoms with E-state index in [0.29, 0.717) is 5.69 Å². The van der Waals surface area contributed by atoms with E-state index in [4.69, 9.17) is 9.57 Å². The Morgan fingerprint density at radius 2 is 1.92 bits per heavy atom. The normalized spacial score (nSPS) is 21.4. The highest BCUT2D eigenvalue weighted by atomic mass is 19.1. The molecule has 11 heteroatoms. The fourth-order valence-corrected chi connectivity index (χ4v) is 4.35. The minimum atomic E-state index is -0.952. The number of aliphatic hydroxyl groups excluding tert-OH is 1. The van der Waals surface area contributed by atoms with Crippen LogP contribution in [0.15, 0.2) is 48.5 Å². The predicted molar refractivity (Wildman–Crippen MR) is 128 cm³/mol. The van der Waals surface area contributed by atoms with Gasteiger partial charge in [0.1, 0.15) is 24.6 Å². The standard InChI is InChI=1S/C25H29FN4O6/c1-16(31)27-11-20-12-29(25(34)36-20)19-8-9-22(21(26)10-19)28-13-23(24(33)14-28)30(17(2)32)35-15-18-6-4-3-5-7-18/h3-10,20,23-24,33H,11-15H2,1-2H3,(H,27,31)/t20-,23-,24-/m0/s1.